The van der Waals surface area contributed by atoms with Gasteiger partial charge in [-0.2, -0.15) is 0 Å². The number of hydrogen-bond donors (Lipinski definition) is 0. The molecule has 7 aromatic carbocycles. The van der Waals surface area contributed by atoms with Crippen molar-refractivity contribution in [2.24, 2.45) is 0 Å². The molecule has 0 fully saturated rings. The van der Waals surface area contributed by atoms with Crippen molar-refractivity contribution < 1.29 is 4.42 Å². The first-order valence-electron chi connectivity index (χ1n) is 21.5. The molecule has 3 aromatic heterocycles. The molecule has 3 nitrogen and oxygen atoms in total. The molecule has 0 saturated carbocycles. The number of aromatic nitrogens is 1. The van der Waals surface area contributed by atoms with E-state index in [0.29, 0.717) is 0 Å². The Hall–Kier alpha value is -6.04. The lowest BCUT2D eigenvalue weighted by atomic mass is 9.46. The lowest BCUT2D eigenvalue weighted by Gasteiger charge is -2.41. The average molecular weight is 793 g/mol. The fourth-order valence-electron chi connectivity index (χ4n) is 11.2. The Balaban J connectivity index is 1.21. The van der Waals surface area contributed by atoms with E-state index in [9.17, 15) is 0 Å². The number of rotatable bonds is 1. The number of furan rings is 1. The summed E-state index contributed by atoms with van der Waals surface area (Å²) in [4.78, 5) is 2.63. The van der Waals surface area contributed by atoms with Gasteiger partial charge in [0.15, 0.2) is 0 Å². The van der Waals surface area contributed by atoms with Gasteiger partial charge < -0.3 is 13.8 Å². The molecule has 60 heavy (non-hydrogen) atoms. The fraction of sp³-hybridized carbons (Fsp3) is 0.200. The van der Waals surface area contributed by atoms with Crippen LogP contribution in [0.3, 0.4) is 0 Å². The van der Waals surface area contributed by atoms with Gasteiger partial charge in [-0.1, -0.05) is 128 Å². The van der Waals surface area contributed by atoms with E-state index < -0.39 is 0 Å². The smallest absolute Gasteiger partial charge is 0.375 e. The molecule has 5 heteroatoms. The van der Waals surface area contributed by atoms with E-state index in [4.69, 9.17) is 4.42 Å². The first-order chi connectivity index (χ1) is 28.8. The van der Waals surface area contributed by atoms with Gasteiger partial charge in [0, 0.05) is 58.7 Å². The average Bonchev–Trinajstić information content (AvgIpc) is 3.95. The number of anilines is 2. The normalized spacial score (nSPS) is 15.1. The number of hydrogen-bond acceptors (Lipinski definition) is 3. The molecular weight excluding hydrogens is 747 g/mol. The van der Waals surface area contributed by atoms with Gasteiger partial charge in [0.2, 0.25) is 0 Å². The topological polar surface area (TPSA) is 21.3 Å². The summed E-state index contributed by atoms with van der Waals surface area (Å²) >= 11 is 1.90. The van der Waals surface area contributed by atoms with Gasteiger partial charge in [0.25, 0.3) is 0 Å². The highest BCUT2D eigenvalue weighted by atomic mass is 32.1. The first-order valence-corrected chi connectivity index (χ1v) is 22.3. The molecule has 0 N–H and O–H groups in total. The minimum Gasteiger partial charge on any atom is -0.466 e. The Kier molecular flexibility index (Phi) is 6.50. The number of thiophene rings is 1. The quantitative estimate of drug-likeness (QED) is 0.154. The SMILES string of the molecule is CC(C)(C)c1ccc(N2B3c4oc5ccc(C(C)(C)C)cc5c4-n4c5cc6c(cc5c5ccc(c3c54)-c3cc4c(cc32)C(C)(C)c2ccccc2-4)sc2ccccc26)cc1. The number of fused-ring (bicyclic) bond motifs is 16. The van der Waals surface area contributed by atoms with Crippen molar-refractivity contribution in [3.8, 4) is 27.9 Å². The zero-order valence-corrected chi connectivity index (χ0v) is 36.2. The summed E-state index contributed by atoms with van der Waals surface area (Å²) in [5.74, 6) is 0. The lowest BCUT2D eigenvalue weighted by molar-refractivity contribution is 0.590. The van der Waals surface area contributed by atoms with E-state index in [-0.39, 0.29) is 23.1 Å². The van der Waals surface area contributed by atoms with Gasteiger partial charge in [-0.25, -0.2) is 0 Å². The molecule has 0 spiro atoms. The van der Waals surface area contributed by atoms with Crippen LogP contribution in [0.25, 0.3) is 80.9 Å². The summed E-state index contributed by atoms with van der Waals surface area (Å²) in [5.41, 5.74) is 19.8. The van der Waals surface area contributed by atoms with Crippen LogP contribution in [0.2, 0.25) is 0 Å². The minimum atomic E-state index is -0.194. The third-order valence-corrected chi connectivity index (χ3v) is 15.4. The van der Waals surface area contributed by atoms with Gasteiger partial charge in [-0.05, 0) is 110 Å². The second-order valence-electron chi connectivity index (χ2n) is 20.2. The molecule has 0 bridgehead atoms. The predicted octanol–water partition coefficient (Wildman–Crippen LogP) is 14.0. The maximum Gasteiger partial charge on any atom is 0.375 e. The highest BCUT2D eigenvalue weighted by molar-refractivity contribution is 7.25. The van der Waals surface area contributed by atoms with Crippen LogP contribution in [0.5, 0.6) is 0 Å². The third-order valence-electron chi connectivity index (χ3n) is 14.3. The van der Waals surface area contributed by atoms with Crippen LogP contribution >= 0.6 is 11.3 Å². The summed E-state index contributed by atoms with van der Waals surface area (Å²) in [6.07, 6.45) is 0. The van der Waals surface area contributed by atoms with E-state index in [0.717, 1.165) is 11.2 Å². The van der Waals surface area contributed by atoms with Gasteiger partial charge in [0.05, 0.1) is 16.7 Å². The molecule has 1 aliphatic carbocycles. The van der Waals surface area contributed by atoms with Crippen LogP contribution in [0, 0.1) is 0 Å². The molecule has 0 amide bonds. The van der Waals surface area contributed by atoms with E-state index in [2.05, 4.69) is 192 Å². The molecule has 10 aromatic rings. The van der Waals surface area contributed by atoms with Crippen molar-refractivity contribution in [1.82, 2.24) is 4.57 Å². The molecule has 0 saturated heterocycles. The van der Waals surface area contributed by atoms with Gasteiger partial charge >= 0.3 is 6.85 Å². The Labute approximate surface area is 355 Å². The monoisotopic (exact) mass is 792 g/mol. The molecule has 5 heterocycles. The van der Waals surface area contributed by atoms with E-state index >= 15 is 0 Å². The van der Waals surface area contributed by atoms with Crippen molar-refractivity contribution in [1.29, 1.82) is 0 Å². The summed E-state index contributed by atoms with van der Waals surface area (Å²) in [7, 11) is 0. The maximum absolute atomic E-state index is 7.37. The summed E-state index contributed by atoms with van der Waals surface area (Å²) < 4.78 is 12.6. The van der Waals surface area contributed by atoms with Crippen molar-refractivity contribution in [2.75, 3.05) is 4.81 Å². The molecule has 2 aliphatic heterocycles. The molecule has 13 rings (SSSR count). The lowest BCUT2D eigenvalue weighted by Crippen LogP contribution is -2.60. The van der Waals surface area contributed by atoms with Crippen molar-refractivity contribution in [3.05, 3.63) is 150 Å². The predicted molar refractivity (Wildman–Crippen MR) is 257 cm³/mol. The standard InChI is InChI=1S/C55H45BN2OS/c1-53(2,3)30-17-20-32(21-18-30)58-45-29-43-37(33-13-9-11-15-42(33)55(43,7)8)26-38(45)35-22-23-36-39-28-48-40(34-14-10-12-16-47(34)60-48)27-44(39)57-50(36)49(35)56(58)52-51(57)41-25-31(54(4,5)6)19-24-46(41)59-52/h9-29H,1-8H3. The molecule has 0 radical (unpaired) electrons. The van der Waals surface area contributed by atoms with Gasteiger partial charge in [0.1, 0.15) is 11.2 Å². The summed E-state index contributed by atoms with van der Waals surface area (Å²) in [5, 5.41) is 6.37. The Morgan fingerprint density at radius 1 is 0.567 bits per heavy atom. The minimum absolute atomic E-state index is 0.0245. The maximum atomic E-state index is 7.37. The van der Waals surface area contributed by atoms with Crippen LogP contribution in [0.4, 0.5) is 11.4 Å². The fourth-order valence-corrected chi connectivity index (χ4v) is 12.3. The largest absolute Gasteiger partial charge is 0.466 e. The molecule has 0 atom stereocenters. The highest BCUT2D eigenvalue weighted by Gasteiger charge is 2.48. The van der Waals surface area contributed by atoms with Gasteiger partial charge in [-0.15, -0.1) is 11.3 Å². The molecule has 0 unspecified atom stereocenters. The molecule has 290 valence electrons. The number of benzene rings is 7. The van der Waals surface area contributed by atoms with Crippen molar-refractivity contribution in [2.45, 2.75) is 71.6 Å². The van der Waals surface area contributed by atoms with Crippen LogP contribution in [-0.4, -0.2) is 11.4 Å². The van der Waals surface area contributed by atoms with Gasteiger partial charge in [-0.3, -0.25) is 0 Å². The Morgan fingerprint density at radius 2 is 1.32 bits per heavy atom. The Bertz CT molecular complexity index is 3550. The first kappa shape index (κ1) is 34.8. The second-order valence-corrected chi connectivity index (χ2v) is 21.2. The van der Waals surface area contributed by atoms with Crippen LogP contribution in [0.1, 0.15) is 77.6 Å². The Morgan fingerprint density at radius 3 is 2.12 bits per heavy atom. The zero-order chi connectivity index (χ0) is 40.8. The third kappa shape index (κ3) is 4.36. The van der Waals surface area contributed by atoms with Crippen molar-refractivity contribution >= 4 is 93.6 Å². The summed E-state index contributed by atoms with van der Waals surface area (Å²) in [6, 6.07) is 49.0. The highest BCUT2D eigenvalue weighted by Crippen LogP contribution is 2.55. The van der Waals surface area contributed by atoms with E-state index in [1.165, 1.54) is 114 Å². The molecule has 3 aliphatic rings. The number of nitrogens with zero attached hydrogens (tertiary/aromatic N) is 2. The summed E-state index contributed by atoms with van der Waals surface area (Å²) in [6.45, 7) is 18.4. The van der Waals surface area contributed by atoms with Crippen LogP contribution < -0.4 is 15.9 Å². The van der Waals surface area contributed by atoms with E-state index in [1.54, 1.807) is 0 Å². The second kappa shape index (κ2) is 11.2. The zero-order valence-electron chi connectivity index (χ0n) is 35.4. The van der Waals surface area contributed by atoms with Crippen molar-refractivity contribution in [3.63, 3.8) is 0 Å². The molecular formula is C55H45BN2OS. The van der Waals surface area contributed by atoms with E-state index in [1.807, 2.05) is 11.3 Å². The van der Waals surface area contributed by atoms with Crippen LogP contribution in [0.15, 0.2) is 132 Å². The van der Waals surface area contributed by atoms with Crippen LogP contribution in [-0.2, 0) is 16.2 Å².